The lowest BCUT2D eigenvalue weighted by Gasteiger charge is -2.29. The molecule has 0 saturated heterocycles. The van der Waals surface area contributed by atoms with Gasteiger partial charge in [-0.25, -0.2) is 0 Å². The third-order valence-corrected chi connectivity index (χ3v) is 6.51. The number of aromatic amines is 1. The van der Waals surface area contributed by atoms with Crippen LogP contribution < -0.4 is 9.64 Å². The van der Waals surface area contributed by atoms with E-state index >= 15 is 0 Å². The highest BCUT2D eigenvalue weighted by Gasteiger charge is 2.45. The average molecular weight is 500 g/mol. The zero-order valence-electron chi connectivity index (χ0n) is 21.7. The van der Waals surface area contributed by atoms with Crippen LogP contribution >= 0.6 is 0 Å². The molecular weight excluding hydrogens is 470 g/mol. The number of benzene rings is 2. The van der Waals surface area contributed by atoms with Crippen molar-refractivity contribution in [3.63, 3.8) is 0 Å². The average Bonchev–Trinajstić information content (AvgIpc) is 3.59. The molecule has 0 bridgehead atoms. The second-order valence-corrected chi connectivity index (χ2v) is 10.3. The van der Waals surface area contributed by atoms with Gasteiger partial charge in [0.2, 0.25) is 0 Å². The van der Waals surface area contributed by atoms with Gasteiger partial charge in [0, 0.05) is 53.6 Å². The van der Waals surface area contributed by atoms with Crippen LogP contribution in [0.5, 0.6) is 5.75 Å². The highest BCUT2D eigenvalue weighted by Crippen LogP contribution is 2.47. The number of H-pyrrole nitrogens is 1. The molecule has 0 fully saturated rings. The number of carbonyl (C=O) groups excluding carboxylic acids is 2. The standard InChI is InChI=1S/C28H29N5O4/c1-28(2,3)25-22-23(29-30-25)27(35)33(24(22)18-9-7-8-10-20(18)36-6)17-13-11-16(12-14-17)21-15-19(31-37-21)26(34)32(4)5/h7-15,24H,1-6H3,(H,29,30). The molecule has 9 heteroatoms. The first-order valence-electron chi connectivity index (χ1n) is 12.0. The number of carbonyl (C=O) groups is 2. The summed E-state index contributed by atoms with van der Waals surface area (Å²) in [4.78, 5) is 29.1. The van der Waals surface area contributed by atoms with E-state index in [4.69, 9.17) is 9.26 Å². The van der Waals surface area contributed by atoms with Gasteiger partial charge in [-0.15, -0.1) is 0 Å². The van der Waals surface area contributed by atoms with E-state index in [2.05, 4.69) is 36.1 Å². The van der Waals surface area contributed by atoms with E-state index in [1.165, 1.54) is 4.90 Å². The van der Waals surface area contributed by atoms with Crippen molar-refractivity contribution < 1.29 is 18.8 Å². The summed E-state index contributed by atoms with van der Waals surface area (Å²) in [5.74, 6) is 0.728. The molecule has 0 spiro atoms. The first-order valence-corrected chi connectivity index (χ1v) is 12.0. The van der Waals surface area contributed by atoms with Crippen molar-refractivity contribution in [3.05, 3.63) is 82.8 Å². The molecule has 1 aliphatic heterocycles. The Morgan fingerprint density at radius 3 is 2.46 bits per heavy atom. The summed E-state index contributed by atoms with van der Waals surface area (Å²) in [6, 6.07) is 16.3. The molecule has 5 rings (SSSR count). The molecule has 1 atom stereocenters. The van der Waals surface area contributed by atoms with Gasteiger partial charge in [0.05, 0.1) is 13.2 Å². The third-order valence-electron chi connectivity index (χ3n) is 6.51. The Hall–Kier alpha value is -4.40. The molecule has 37 heavy (non-hydrogen) atoms. The van der Waals surface area contributed by atoms with Crippen molar-refractivity contribution in [2.45, 2.75) is 32.2 Å². The number of nitrogens with zero attached hydrogens (tertiary/aromatic N) is 4. The van der Waals surface area contributed by atoms with Gasteiger partial charge >= 0.3 is 0 Å². The first-order chi connectivity index (χ1) is 17.6. The number of rotatable bonds is 5. The van der Waals surface area contributed by atoms with Gasteiger partial charge in [0.15, 0.2) is 17.1 Å². The normalized spacial score (nSPS) is 15.1. The van der Waals surface area contributed by atoms with Crippen LogP contribution in [0.1, 0.15) is 64.6 Å². The van der Waals surface area contributed by atoms with Gasteiger partial charge in [-0.2, -0.15) is 5.10 Å². The minimum absolute atomic E-state index is 0.191. The number of para-hydroxylation sites is 1. The minimum Gasteiger partial charge on any atom is -0.496 e. The van der Waals surface area contributed by atoms with Crippen molar-refractivity contribution in [2.75, 3.05) is 26.1 Å². The Kier molecular flexibility index (Phi) is 5.86. The number of hydrogen-bond acceptors (Lipinski definition) is 6. The third kappa shape index (κ3) is 4.06. The van der Waals surface area contributed by atoms with Crippen LogP contribution in [0.25, 0.3) is 11.3 Å². The second kappa shape index (κ2) is 8.92. The molecule has 4 aromatic rings. The smallest absolute Gasteiger partial charge is 0.280 e. The zero-order chi connectivity index (χ0) is 26.5. The molecule has 9 nitrogen and oxygen atoms in total. The molecule has 2 amide bonds. The van der Waals surface area contributed by atoms with Crippen molar-refractivity contribution in [2.24, 2.45) is 0 Å². The fourth-order valence-electron chi connectivity index (χ4n) is 4.69. The Morgan fingerprint density at radius 2 is 1.81 bits per heavy atom. The van der Waals surface area contributed by atoms with E-state index in [0.29, 0.717) is 22.9 Å². The van der Waals surface area contributed by atoms with Crippen molar-refractivity contribution in [1.29, 1.82) is 0 Å². The van der Waals surface area contributed by atoms with E-state index in [1.807, 2.05) is 48.5 Å². The van der Waals surface area contributed by atoms with E-state index < -0.39 is 6.04 Å². The molecule has 0 radical (unpaired) electrons. The topological polar surface area (TPSA) is 105 Å². The Balaban J connectivity index is 1.58. The molecule has 2 aromatic carbocycles. The summed E-state index contributed by atoms with van der Waals surface area (Å²) >= 11 is 0. The largest absolute Gasteiger partial charge is 0.496 e. The van der Waals surface area contributed by atoms with Gasteiger partial charge in [-0.1, -0.05) is 44.1 Å². The van der Waals surface area contributed by atoms with Gasteiger partial charge in [-0.05, 0) is 30.3 Å². The summed E-state index contributed by atoms with van der Waals surface area (Å²) in [7, 11) is 4.95. The molecule has 0 saturated carbocycles. The van der Waals surface area contributed by atoms with Gasteiger partial charge in [0.1, 0.15) is 5.75 Å². The Bertz CT molecular complexity index is 1480. The number of ether oxygens (including phenoxy) is 1. The van der Waals surface area contributed by atoms with E-state index in [0.717, 1.165) is 22.4 Å². The van der Waals surface area contributed by atoms with Crippen LogP contribution in [0.3, 0.4) is 0 Å². The van der Waals surface area contributed by atoms with Crippen LogP contribution in [0.2, 0.25) is 0 Å². The first kappa shape index (κ1) is 24.3. The SMILES string of the molecule is COc1ccccc1C1c2c(n[nH]c2C(C)(C)C)C(=O)N1c1ccc(-c2cc(C(=O)N(C)C)no2)cc1. The molecule has 2 aromatic heterocycles. The molecule has 3 heterocycles. The second-order valence-electron chi connectivity index (χ2n) is 10.3. The van der Waals surface area contributed by atoms with Crippen molar-refractivity contribution in [3.8, 4) is 17.1 Å². The summed E-state index contributed by atoms with van der Waals surface area (Å²) < 4.78 is 11.1. The predicted octanol–water partition coefficient (Wildman–Crippen LogP) is 4.82. The molecule has 190 valence electrons. The number of fused-ring (bicyclic) bond motifs is 1. The van der Waals surface area contributed by atoms with Crippen LogP contribution in [-0.4, -0.2) is 53.3 Å². The van der Waals surface area contributed by atoms with Crippen LogP contribution in [0.4, 0.5) is 5.69 Å². The molecule has 0 aliphatic carbocycles. The van der Waals surface area contributed by atoms with Crippen LogP contribution in [0, 0.1) is 0 Å². The Morgan fingerprint density at radius 1 is 1.11 bits per heavy atom. The highest BCUT2D eigenvalue weighted by atomic mass is 16.5. The van der Waals surface area contributed by atoms with Crippen LogP contribution in [0.15, 0.2) is 59.1 Å². The number of anilines is 1. The van der Waals surface area contributed by atoms with E-state index in [9.17, 15) is 9.59 Å². The van der Waals surface area contributed by atoms with Gasteiger partial charge < -0.3 is 14.2 Å². The number of nitrogens with one attached hydrogen (secondary N) is 1. The number of amides is 2. The summed E-state index contributed by atoms with van der Waals surface area (Å²) in [6.45, 7) is 6.28. The lowest BCUT2D eigenvalue weighted by atomic mass is 9.85. The van der Waals surface area contributed by atoms with E-state index in [-0.39, 0.29) is 22.9 Å². The fraction of sp³-hybridized carbons (Fsp3) is 0.286. The highest BCUT2D eigenvalue weighted by molar-refractivity contribution is 6.11. The number of hydrogen-bond donors (Lipinski definition) is 1. The number of methoxy groups -OCH3 is 1. The summed E-state index contributed by atoms with van der Waals surface area (Å²) in [5, 5.41) is 11.4. The van der Waals surface area contributed by atoms with Gasteiger partial charge in [-0.3, -0.25) is 19.6 Å². The maximum Gasteiger partial charge on any atom is 0.280 e. The lowest BCUT2D eigenvalue weighted by Crippen LogP contribution is -2.30. The lowest BCUT2D eigenvalue weighted by molar-refractivity contribution is 0.0817. The molecule has 1 unspecified atom stereocenters. The van der Waals surface area contributed by atoms with Crippen LogP contribution in [-0.2, 0) is 5.41 Å². The Labute approximate surface area is 215 Å². The summed E-state index contributed by atoms with van der Waals surface area (Å²) in [6.07, 6.45) is 0. The fourth-order valence-corrected chi connectivity index (χ4v) is 4.69. The van der Waals surface area contributed by atoms with Gasteiger partial charge in [0.25, 0.3) is 11.8 Å². The predicted molar refractivity (Wildman–Crippen MR) is 139 cm³/mol. The maximum atomic E-state index is 13.7. The van der Waals surface area contributed by atoms with E-state index in [1.54, 1.807) is 32.2 Å². The zero-order valence-corrected chi connectivity index (χ0v) is 21.7. The monoisotopic (exact) mass is 499 g/mol. The molecule has 1 N–H and O–H groups in total. The quantitative estimate of drug-likeness (QED) is 0.422. The number of aromatic nitrogens is 3. The minimum atomic E-state index is -0.424. The van der Waals surface area contributed by atoms with Crippen molar-refractivity contribution in [1.82, 2.24) is 20.3 Å². The summed E-state index contributed by atoms with van der Waals surface area (Å²) in [5.41, 5.74) is 4.46. The van der Waals surface area contributed by atoms with Crippen molar-refractivity contribution >= 4 is 17.5 Å². The maximum absolute atomic E-state index is 13.7. The molecular formula is C28H29N5O4. The molecule has 1 aliphatic rings.